The molecule has 0 heterocycles. The summed E-state index contributed by atoms with van der Waals surface area (Å²) in [6.45, 7) is 2.21. The van der Waals surface area contributed by atoms with Crippen LogP contribution in [0.4, 0.5) is 0 Å². The Kier molecular flexibility index (Phi) is 4.53. The van der Waals surface area contributed by atoms with E-state index in [1.165, 1.54) is 32.4 Å². The SMILES string of the molecule is COc1ccc(C(=O)N(C)C2CCCCC2C)cc1O. The Labute approximate surface area is 120 Å². The van der Waals surface area contributed by atoms with Crippen molar-refractivity contribution in [3.05, 3.63) is 23.8 Å². The molecular weight excluding hydrogens is 254 g/mol. The van der Waals surface area contributed by atoms with Crippen molar-refractivity contribution in [2.75, 3.05) is 14.2 Å². The summed E-state index contributed by atoms with van der Waals surface area (Å²) in [5, 5.41) is 9.79. The van der Waals surface area contributed by atoms with Crippen LogP contribution in [0.5, 0.6) is 11.5 Å². The average Bonchev–Trinajstić information content (AvgIpc) is 2.46. The predicted molar refractivity (Wildman–Crippen MR) is 78.2 cm³/mol. The number of carbonyl (C=O) groups is 1. The summed E-state index contributed by atoms with van der Waals surface area (Å²) < 4.78 is 5.00. The van der Waals surface area contributed by atoms with E-state index in [4.69, 9.17) is 4.74 Å². The van der Waals surface area contributed by atoms with Gasteiger partial charge in [-0.1, -0.05) is 19.8 Å². The zero-order chi connectivity index (χ0) is 14.7. The molecule has 2 atom stereocenters. The molecule has 0 radical (unpaired) electrons. The van der Waals surface area contributed by atoms with Gasteiger partial charge in [0, 0.05) is 18.7 Å². The maximum atomic E-state index is 12.5. The van der Waals surface area contributed by atoms with Gasteiger partial charge in [0.15, 0.2) is 11.5 Å². The van der Waals surface area contributed by atoms with Crippen molar-refractivity contribution in [3.63, 3.8) is 0 Å². The van der Waals surface area contributed by atoms with Gasteiger partial charge in [0.2, 0.25) is 0 Å². The van der Waals surface area contributed by atoms with E-state index in [1.807, 2.05) is 11.9 Å². The molecule has 1 aromatic carbocycles. The summed E-state index contributed by atoms with van der Waals surface area (Å²) in [7, 11) is 3.35. The van der Waals surface area contributed by atoms with E-state index in [1.54, 1.807) is 12.1 Å². The topological polar surface area (TPSA) is 49.8 Å². The highest BCUT2D eigenvalue weighted by atomic mass is 16.5. The molecule has 0 saturated heterocycles. The Balaban J connectivity index is 2.15. The minimum atomic E-state index is -0.0401. The van der Waals surface area contributed by atoms with Crippen molar-refractivity contribution in [1.82, 2.24) is 4.90 Å². The van der Waals surface area contributed by atoms with Crippen LogP contribution in [0, 0.1) is 5.92 Å². The van der Waals surface area contributed by atoms with Gasteiger partial charge in [0.1, 0.15) is 0 Å². The number of amides is 1. The number of hydrogen-bond donors (Lipinski definition) is 1. The van der Waals surface area contributed by atoms with Gasteiger partial charge >= 0.3 is 0 Å². The number of methoxy groups -OCH3 is 1. The Morgan fingerprint density at radius 3 is 2.65 bits per heavy atom. The van der Waals surface area contributed by atoms with Crippen LogP contribution in [0.3, 0.4) is 0 Å². The zero-order valence-electron chi connectivity index (χ0n) is 12.4. The smallest absolute Gasteiger partial charge is 0.253 e. The van der Waals surface area contributed by atoms with Gasteiger partial charge in [-0.05, 0) is 37.0 Å². The fourth-order valence-electron chi connectivity index (χ4n) is 3.05. The van der Waals surface area contributed by atoms with E-state index < -0.39 is 0 Å². The monoisotopic (exact) mass is 277 g/mol. The Morgan fingerprint density at radius 2 is 2.05 bits per heavy atom. The standard InChI is InChI=1S/C16H23NO3/c1-11-6-4-5-7-13(11)17(2)16(19)12-8-9-15(20-3)14(18)10-12/h8-11,13,18H,4-7H2,1-3H3. The van der Waals surface area contributed by atoms with Crippen LogP contribution in [-0.2, 0) is 0 Å². The first-order chi connectivity index (χ1) is 9.54. The van der Waals surface area contributed by atoms with E-state index >= 15 is 0 Å². The number of phenols is 1. The van der Waals surface area contributed by atoms with E-state index in [0.29, 0.717) is 23.3 Å². The molecule has 0 aromatic heterocycles. The Morgan fingerprint density at radius 1 is 1.35 bits per heavy atom. The Bertz CT molecular complexity index is 487. The average molecular weight is 277 g/mol. The number of phenolic OH excluding ortho intramolecular Hbond substituents is 1. The van der Waals surface area contributed by atoms with Crippen LogP contribution in [0.2, 0.25) is 0 Å². The fourth-order valence-corrected chi connectivity index (χ4v) is 3.05. The van der Waals surface area contributed by atoms with Crippen molar-refractivity contribution in [2.45, 2.75) is 38.6 Å². The van der Waals surface area contributed by atoms with E-state index in [-0.39, 0.29) is 11.7 Å². The normalized spacial score (nSPS) is 22.4. The summed E-state index contributed by atoms with van der Waals surface area (Å²) >= 11 is 0. The fraction of sp³-hybridized carbons (Fsp3) is 0.562. The molecule has 110 valence electrons. The van der Waals surface area contributed by atoms with Crippen LogP contribution >= 0.6 is 0 Å². The van der Waals surface area contributed by atoms with Crippen LogP contribution in [0.1, 0.15) is 43.0 Å². The van der Waals surface area contributed by atoms with Gasteiger partial charge in [-0.15, -0.1) is 0 Å². The maximum absolute atomic E-state index is 12.5. The zero-order valence-corrected chi connectivity index (χ0v) is 12.4. The van der Waals surface area contributed by atoms with Crippen molar-refractivity contribution >= 4 is 5.91 Å². The largest absolute Gasteiger partial charge is 0.504 e. The molecule has 20 heavy (non-hydrogen) atoms. The second-order valence-corrected chi connectivity index (χ2v) is 5.63. The second-order valence-electron chi connectivity index (χ2n) is 5.63. The molecule has 2 unspecified atom stereocenters. The first kappa shape index (κ1) is 14.7. The lowest BCUT2D eigenvalue weighted by Crippen LogP contribution is -2.42. The third kappa shape index (κ3) is 2.89. The van der Waals surface area contributed by atoms with Crippen molar-refractivity contribution in [3.8, 4) is 11.5 Å². The summed E-state index contributed by atoms with van der Waals surface area (Å²) in [5.74, 6) is 0.880. The molecule has 4 heteroatoms. The Hall–Kier alpha value is -1.71. The highest BCUT2D eigenvalue weighted by molar-refractivity contribution is 5.95. The van der Waals surface area contributed by atoms with Crippen molar-refractivity contribution < 1.29 is 14.6 Å². The third-order valence-electron chi connectivity index (χ3n) is 4.31. The number of nitrogens with zero attached hydrogens (tertiary/aromatic N) is 1. The van der Waals surface area contributed by atoms with Gasteiger partial charge in [-0.25, -0.2) is 0 Å². The lowest BCUT2D eigenvalue weighted by molar-refractivity contribution is 0.0628. The molecule has 1 aliphatic carbocycles. The molecule has 0 bridgehead atoms. The molecular formula is C16H23NO3. The van der Waals surface area contributed by atoms with Crippen molar-refractivity contribution in [2.24, 2.45) is 5.92 Å². The molecule has 2 rings (SSSR count). The van der Waals surface area contributed by atoms with Gasteiger partial charge in [-0.2, -0.15) is 0 Å². The van der Waals surface area contributed by atoms with Crippen LogP contribution in [-0.4, -0.2) is 36.1 Å². The third-order valence-corrected chi connectivity index (χ3v) is 4.31. The molecule has 1 N–H and O–H groups in total. The molecule has 0 spiro atoms. The maximum Gasteiger partial charge on any atom is 0.253 e. The van der Waals surface area contributed by atoms with Crippen molar-refractivity contribution in [1.29, 1.82) is 0 Å². The summed E-state index contributed by atoms with van der Waals surface area (Å²) in [4.78, 5) is 14.3. The molecule has 1 aliphatic rings. The molecule has 4 nitrogen and oxygen atoms in total. The molecule has 1 saturated carbocycles. The van der Waals surface area contributed by atoms with E-state index in [9.17, 15) is 9.90 Å². The summed E-state index contributed by atoms with van der Waals surface area (Å²) in [6.07, 6.45) is 4.67. The molecule has 0 aliphatic heterocycles. The number of rotatable bonds is 3. The number of carbonyl (C=O) groups excluding carboxylic acids is 1. The van der Waals surface area contributed by atoms with Crippen LogP contribution in [0.25, 0.3) is 0 Å². The lowest BCUT2D eigenvalue weighted by Gasteiger charge is -2.36. The lowest BCUT2D eigenvalue weighted by atomic mass is 9.85. The predicted octanol–water partition coefficient (Wildman–Crippen LogP) is 3.05. The second kappa shape index (κ2) is 6.16. The van der Waals surface area contributed by atoms with Crippen LogP contribution in [0.15, 0.2) is 18.2 Å². The van der Waals surface area contributed by atoms with Gasteiger partial charge in [-0.3, -0.25) is 4.79 Å². The highest BCUT2D eigenvalue weighted by Crippen LogP contribution is 2.30. The minimum absolute atomic E-state index is 0.00319. The first-order valence-corrected chi connectivity index (χ1v) is 7.18. The summed E-state index contributed by atoms with van der Waals surface area (Å²) in [6, 6.07) is 5.09. The van der Waals surface area contributed by atoms with E-state index in [0.717, 1.165) is 6.42 Å². The number of hydrogen-bond acceptors (Lipinski definition) is 3. The quantitative estimate of drug-likeness (QED) is 0.923. The number of ether oxygens (including phenoxy) is 1. The molecule has 1 amide bonds. The number of benzene rings is 1. The van der Waals surface area contributed by atoms with Gasteiger partial charge in [0.05, 0.1) is 7.11 Å². The summed E-state index contributed by atoms with van der Waals surface area (Å²) in [5.41, 5.74) is 0.503. The van der Waals surface area contributed by atoms with Gasteiger partial charge in [0.25, 0.3) is 5.91 Å². The molecule has 1 aromatic rings. The van der Waals surface area contributed by atoms with Gasteiger partial charge < -0.3 is 14.7 Å². The minimum Gasteiger partial charge on any atom is -0.504 e. The number of aromatic hydroxyl groups is 1. The van der Waals surface area contributed by atoms with E-state index in [2.05, 4.69) is 6.92 Å². The van der Waals surface area contributed by atoms with Crippen LogP contribution < -0.4 is 4.74 Å². The molecule has 1 fully saturated rings. The first-order valence-electron chi connectivity index (χ1n) is 7.18. The highest BCUT2D eigenvalue weighted by Gasteiger charge is 2.28.